The van der Waals surface area contributed by atoms with Crippen LogP contribution in [0.1, 0.15) is 10.4 Å². The number of nitrogens with one attached hydrogen (secondary N) is 1. The topological polar surface area (TPSA) is 113 Å². The molecule has 0 heterocycles. The van der Waals surface area contributed by atoms with Crippen molar-refractivity contribution in [3.8, 4) is 11.5 Å². The molecular weight excluding hydrogens is 310 g/mol. The van der Waals surface area contributed by atoms with E-state index >= 15 is 0 Å². The average Bonchev–Trinajstić information content (AvgIpc) is 2.48. The summed E-state index contributed by atoms with van der Waals surface area (Å²) in [4.78, 5) is 10.9. The summed E-state index contributed by atoms with van der Waals surface area (Å²) in [7, 11) is -2.41. The standard InChI is InChI=1S/C14H13NO6S/c1-21-10-3-5-11(6-4-10)22(19,20)15-9-2-7-13(16)12(8-9)14(17)18/h2-8,15-16H,1H3,(H,17,18). The van der Waals surface area contributed by atoms with Gasteiger partial charge in [-0.2, -0.15) is 0 Å². The third-order valence-electron chi connectivity index (χ3n) is 2.85. The normalized spacial score (nSPS) is 11.0. The summed E-state index contributed by atoms with van der Waals surface area (Å²) in [6.07, 6.45) is 0. The third-order valence-corrected chi connectivity index (χ3v) is 4.25. The number of hydrogen-bond acceptors (Lipinski definition) is 5. The quantitative estimate of drug-likeness (QED) is 0.724. The lowest BCUT2D eigenvalue weighted by Gasteiger charge is -2.10. The van der Waals surface area contributed by atoms with Gasteiger partial charge in [-0.1, -0.05) is 0 Å². The van der Waals surface area contributed by atoms with E-state index in [-0.39, 0.29) is 10.6 Å². The highest BCUT2D eigenvalue weighted by Crippen LogP contribution is 2.24. The van der Waals surface area contributed by atoms with Crippen LogP contribution < -0.4 is 9.46 Å². The molecule has 22 heavy (non-hydrogen) atoms. The van der Waals surface area contributed by atoms with E-state index in [1.807, 2.05) is 0 Å². The number of carbonyl (C=O) groups is 1. The van der Waals surface area contributed by atoms with Gasteiger partial charge >= 0.3 is 5.97 Å². The zero-order chi connectivity index (χ0) is 16.3. The molecule has 0 fully saturated rings. The second-order valence-corrected chi connectivity index (χ2v) is 6.00. The van der Waals surface area contributed by atoms with Gasteiger partial charge in [-0.15, -0.1) is 0 Å². The molecule has 0 spiro atoms. The largest absolute Gasteiger partial charge is 0.507 e. The van der Waals surface area contributed by atoms with Crippen molar-refractivity contribution in [1.82, 2.24) is 0 Å². The van der Waals surface area contributed by atoms with Gasteiger partial charge in [0.25, 0.3) is 10.0 Å². The highest BCUT2D eigenvalue weighted by Gasteiger charge is 2.16. The van der Waals surface area contributed by atoms with Crippen LogP contribution in [0, 0.1) is 0 Å². The van der Waals surface area contributed by atoms with Crippen LogP contribution in [0.25, 0.3) is 0 Å². The van der Waals surface area contributed by atoms with Gasteiger partial charge in [0, 0.05) is 5.69 Å². The van der Waals surface area contributed by atoms with Crippen molar-refractivity contribution in [3.63, 3.8) is 0 Å². The van der Waals surface area contributed by atoms with Crippen molar-refractivity contribution in [2.24, 2.45) is 0 Å². The summed E-state index contributed by atoms with van der Waals surface area (Å²) < 4.78 is 31.6. The fourth-order valence-electron chi connectivity index (χ4n) is 1.74. The monoisotopic (exact) mass is 323 g/mol. The Morgan fingerprint density at radius 1 is 1.14 bits per heavy atom. The number of phenols is 1. The molecule has 0 bridgehead atoms. The number of aromatic hydroxyl groups is 1. The van der Waals surface area contributed by atoms with E-state index in [9.17, 15) is 18.3 Å². The van der Waals surface area contributed by atoms with Crippen LogP contribution in [-0.2, 0) is 10.0 Å². The summed E-state index contributed by atoms with van der Waals surface area (Å²) in [6, 6.07) is 9.12. The van der Waals surface area contributed by atoms with Crippen LogP contribution in [0.4, 0.5) is 5.69 Å². The van der Waals surface area contributed by atoms with E-state index in [1.54, 1.807) is 0 Å². The number of carboxylic acids is 1. The zero-order valence-corrected chi connectivity index (χ0v) is 12.3. The molecular formula is C14H13NO6S. The first-order valence-corrected chi connectivity index (χ1v) is 7.55. The fraction of sp³-hybridized carbons (Fsp3) is 0.0714. The molecule has 0 saturated carbocycles. The maximum absolute atomic E-state index is 12.2. The van der Waals surface area contributed by atoms with E-state index in [4.69, 9.17) is 9.84 Å². The number of rotatable bonds is 5. The van der Waals surface area contributed by atoms with Gasteiger partial charge in [0.05, 0.1) is 12.0 Å². The molecule has 0 aliphatic rings. The summed E-state index contributed by atoms with van der Waals surface area (Å²) in [5.74, 6) is -1.29. The van der Waals surface area contributed by atoms with E-state index < -0.39 is 27.3 Å². The van der Waals surface area contributed by atoms with E-state index in [1.165, 1.54) is 37.4 Å². The fourth-order valence-corrected chi connectivity index (χ4v) is 2.79. The van der Waals surface area contributed by atoms with Gasteiger partial charge in [0.2, 0.25) is 0 Å². The number of carboxylic acid groups (broad SMARTS) is 1. The number of benzene rings is 2. The Balaban J connectivity index is 2.32. The van der Waals surface area contributed by atoms with E-state index in [0.29, 0.717) is 5.75 Å². The zero-order valence-electron chi connectivity index (χ0n) is 11.5. The van der Waals surface area contributed by atoms with Crippen LogP contribution in [0.15, 0.2) is 47.4 Å². The Morgan fingerprint density at radius 2 is 1.77 bits per heavy atom. The van der Waals surface area contributed by atoms with E-state index in [0.717, 1.165) is 12.1 Å². The minimum atomic E-state index is -3.87. The summed E-state index contributed by atoms with van der Waals surface area (Å²) in [6.45, 7) is 0. The summed E-state index contributed by atoms with van der Waals surface area (Å²) in [5, 5.41) is 18.3. The van der Waals surface area contributed by atoms with Gasteiger partial charge in [-0.05, 0) is 42.5 Å². The lowest BCUT2D eigenvalue weighted by atomic mass is 10.2. The molecule has 0 radical (unpaired) electrons. The average molecular weight is 323 g/mol. The highest BCUT2D eigenvalue weighted by molar-refractivity contribution is 7.92. The molecule has 3 N–H and O–H groups in total. The first-order valence-electron chi connectivity index (χ1n) is 6.06. The second kappa shape index (κ2) is 5.94. The Bertz CT molecular complexity index is 799. The van der Waals surface area contributed by atoms with Crippen molar-refractivity contribution < 1.29 is 28.2 Å². The van der Waals surface area contributed by atoms with Crippen LogP contribution in [0.3, 0.4) is 0 Å². The molecule has 0 unspecified atom stereocenters. The van der Waals surface area contributed by atoms with Crippen LogP contribution in [-0.4, -0.2) is 31.7 Å². The van der Waals surface area contributed by atoms with Crippen molar-refractivity contribution in [2.45, 2.75) is 4.90 Å². The Morgan fingerprint density at radius 3 is 2.32 bits per heavy atom. The van der Waals surface area contributed by atoms with Crippen molar-refractivity contribution in [2.75, 3.05) is 11.8 Å². The van der Waals surface area contributed by atoms with Gasteiger partial charge in [0.1, 0.15) is 17.1 Å². The maximum atomic E-state index is 12.2. The minimum absolute atomic E-state index is 0.00162. The predicted molar refractivity (Wildman–Crippen MR) is 78.9 cm³/mol. The number of aromatic carboxylic acids is 1. The number of anilines is 1. The van der Waals surface area contributed by atoms with E-state index in [2.05, 4.69) is 4.72 Å². The smallest absolute Gasteiger partial charge is 0.339 e. The molecule has 2 aromatic carbocycles. The molecule has 2 rings (SSSR count). The maximum Gasteiger partial charge on any atom is 0.339 e. The van der Waals surface area contributed by atoms with Crippen molar-refractivity contribution in [1.29, 1.82) is 0 Å². The molecule has 0 amide bonds. The summed E-state index contributed by atoms with van der Waals surface area (Å²) >= 11 is 0. The van der Waals surface area contributed by atoms with Crippen molar-refractivity contribution in [3.05, 3.63) is 48.0 Å². The molecule has 8 heteroatoms. The molecule has 0 saturated heterocycles. The van der Waals surface area contributed by atoms with Gasteiger partial charge in [-0.3, -0.25) is 4.72 Å². The molecule has 0 aliphatic heterocycles. The van der Waals surface area contributed by atoms with Crippen molar-refractivity contribution >= 4 is 21.7 Å². The van der Waals surface area contributed by atoms with Crippen LogP contribution in [0.2, 0.25) is 0 Å². The molecule has 2 aromatic rings. The van der Waals surface area contributed by atoms with Gasteiger partial charge in [0.15, 0.2) is 0 Å². The number of methoxy groups -OCH3 is 1. The third kappa shape index (κ3) is 3.29. The molecule has 0 aromatic heterocycles. The molecule has 0 atom stereocenters. The highest BCUT2D eigenvalue weighted by atomic mass is 32.2. The first kappa shape index (κ1) is 15.6. The van der Waals surface area contributed by atoms with Crippen LogP contribution >= 0.6 is 0 Å². The lowest BCUT2D eigenvalue weighted by Crippen LogP contribution is -2.13. The van der Waals surface area contributed by atoms with Gasteiger partial charge < -0.3 is 14.9 Å². The Kier molecular flexibility index (Phi) is 4.22. The second-order valence-electron chi connectivity index (χ2n) is 4.32. The Hall–Kier alpha value is -2.74. The predicted octanol–water partition coefficient (Wildman–Crippen LogP) is 1.90. The van der Waals surface area contributed by atoms with Crippen LogP contribution in [0.5, 0.6) is 11.5 Å². The molecule has 116 valence electrons. The minimum Gasteiger partial charge on any atom is -0.507 e. The number of hydrogen-bond donors (Lipinski definition) is 3. The molecule has 7 nitrogen and oxygen atoms in total. The lowest BCUT2D eigenvalue weighted by molar-refractivity contribution is 0.0693. The summed E-state index contributed by atoms with van der Waals surface area (Å²) in [5.41, 5.74) is -0.360. The SMILES string of the molecule is COc1ccc(S(=O)(=O)Nc2ccc(O)c(C(=O)O)c2)cc1. The number of ether oxygens (including phenoxy) is 1. The Labute approximate surface area is 126 Å². The first-order chi connectivity index (χ1) is 10.3. The van der Waals surface area contributed by atoms with Gasteiger partial charge in [-0.25, -0.2) is 13.2 Å². The molecule has 0 aliphatic carbocycles. The number of sulfonamides is 1.